The molecule has 0 spiro atoms. The quantitative estimate of drug-likeness (QED) is 0.235. The van der Waals surface area contributed by atoms with Crippen molar-refractivity contribution in [3.8, 4) is 0 Å². The smallest absolute Gasteiger partial charge is 0.322 e. The molecular weight excluding hydrogens is 549 g/mol. The topological polar surface area (TPSA) is 86.8 Å². The van der Waals surface area contributed by atoms with E-state index in [9.17, 15) is 18.0 Å². The van der Waals surface area contributed by atoms with Gasteiger partial charge in [-0.2, -0.15) is 18.3 Å². The number of rotatable bonds is 5. The van der Waals surface area contributed by atoms with Crippen molar-refractivity contribution in [1.82, 2.24) is 20.2 Å². The van der Waals surface area contributed by atoms with Crippen molar-refractivity contribution in [2.24, 2.45) is 0 Å². The van der Waals surface area contributed by atoms with Gasteiger partial charge in [-0.05, 0) is 67.1 Å². The molecule has 0 aliphatic heterocycles. The molecule has 7 nitrogen and oxygen atoms in total. The van der Waals surface area contributed by atoms with Gasteiger partial charge in [0.05, 0.1) is 22.8 Å². The fourth-order valence-electron chi connectivity index (χ4n) is 3.86. The van der Waals surface area contributed by atoms with Crippen LogP contribution < -0.4 is 10.2 Å². The molecule has 0 saturated carbocycles. The molecule has 37 heavy (non-hydrogen) atoms. The van der Waals surface area contributed by atoms with Gasteiger partial charge in [0.25, 0.3) is 5.91 Å². The van der Waals surface area contributed by atoms with Gasteiger partial charge in [0, 0.05) is 21.4 Å². The molecule has 2 aromatic heterocycles. The van der Waals surface area contributed by atoms with Gasteiger partial charge in [0.1, 0.15) is 6.33 Å². The third-order valence-electron chi connectivity index (χ3n) is 5.68. The van der Waals surface area contributed by atoms with E-state index in [-0.39, 0.29) is 5.56 Å². The highest BCUT2D eigenvalue weighted by Gasteiger charge is 2.31. The standard InChI is InChI=1S/C26H18BrF3N6O/c1-15-5-8-19(34-25(37)16-3-2-4-17(11-16)26(28,29)30)12-22(15)36(20-9-6-18(27)7-10-20)24-21-13-33-35-23(21)31-14-32-24/h2-14H,1H3,(H,34,37)(H,31,32,33,35). The summed E-state index contributed by atoms with van der Waals surface area (Å²) in [7, 11) is 0. The van der Waals surface area contributed by atoms with Crippen LogP contribution in [-0.2, 0) is 6.18 Å². The van der Waals surface area contributed by atoms with Crippen molar-refractivity contribution in [3.63, 3.8) is 0 Å². The second-order valence-corrected chi connectivity index (χ2v) is 9.09. The minimum Gasteiger partial charge on any atom is -0.322 e. The van der Waals surface area contributed by atoms with E-state index in [2.05, 4.69) is 41.4 Å². The maximum atomic E-state index is 13.1. The number of aryl methyl sites for hydroxylation is 1. The molecule has 1 amide bonds. The van der Waals surface area contributed by atoms with Crippen LogP contribution in [0, 0.1) is 6.92 Å². The molecule has 0 saturated heterocycles. The fourth-order valence-corrected chi connectivity index (χ4v) is 4.13. The molecule has 2 heterocycles. The molecule has 0 atom stereocenters. The number of alkyl halides is 3. The van der Waals surface area contributed by atoms with Crippen LogP contribution in [0.25, 0.3) is 11.0 Å². The second kappa shape index (κ2) is 9.66. The molecule has 0 unspecified atom stereocenters. The third-order valence-corrected chi connectivity index (χ3v) is 6.21. The fraction of sp³-hybridized carbons (Fsp3) is 0.0769. The first-order valence-electron chi connectivity index (χ1n) is 11.0. The van der Waals surface area contributed by atoms with E-state index in [0.717, 1.165) is 27.9 Å². The van der Waals surface area contributed by atoms with Crippen LogP contribution in [0.1, 0.15) is 21.5 Å². The van der Waals surface area contributed by atoms with Crippen molar-refractivity contribution in [2.75, 3.05) is 10.2 Å². The van der Waals surface area contributed by atoms with Crippen molar-refractivity contribution < 1.29 is 18.0 Å². The largest absolute Gasteiger partial charge is 0.416 e. The van der Waals surface area contributed by atoms with E-state index in [4.69, 9.17) is 0 Å². The summed E-state index contributed by atoms with van der Waals surface area (Å²) in [6.45, 7) is 1.91. The van der Waals surface area contributed by atoms with E-state index in [1.54, 1.807) is 18.3 Å². The highest BCUT2D eigenvalue weighted by molar-refractivity contribution is 9.10. The summed E-state index contributed by atoms with van der Waals surface area (Å²) in [5.41, 5.74) is 2.33. The van der Waals surface area contributed by atoms with Gasteiger partial charge in [-0.3, -0.25) is 14.8 Å². The van der Waals surface area contributed by atoms with E-state index in [1.165, 1.54) is 18.5 Å². The number of nitrogens with one attached hydrogen (secondary N) is 2. The average Bonchev–Trinajstić information content (AvgIpc) is 3.36. The number of halogens is 4. The van der Waals surface area contributed by atoms with Crippen LogP contribution in [0.15, 0.2) is 83.7 Å². The Balaban J connectivity index is 1.57. The number of benzene rings is 3. The number of amides is 1. The molecule has 0 aliphatic rings. The summed E-state index contributed by atoms with van der Waals surface area (Å²) in [6, 6.07) is 17.2. The number of carbonyl (C=O) groups excluding carboxylic acids is 1. The lowest BCUT2D eigenvalue weighted by Crippen LogP contribution is -2.16. The van der Waals surface area contributed by atoms with Gasteiger partial charge < -0.3 is 5.32 Å². The third kappa shape index (κ3) is 5.03. The van der Waals surface area contributed by atoms with Crippen LogP contribution in [0.5, 0.6) is 0 Å². The summed E-state index contributed by atoms with van der Waals surface area (Å²) in [5.74, 6) is -0.0964. The van der Waals surface area contributed by atoms with Gasteiger partial charge in [-0.15, -0.1) is 0 Å². The lowest BCUT2D eigenvalue weighted by molar-refractivity contribution is -0.137. The SMILES string of the molecule is Cc1ccc(NC(=O)c2cccc(C(F)(F)F)c2)cc1N(c1ccc(Br)cc1)c1ncnc2[nH]ncc12. The molecule has 2 N–H and O–H groups in total. The van der Waals surface area contributed by atoms with Crippen LogP contribution in [0.4, 0.5) is 36.1 Å². The molecule has 5 rings (SSSR count). The molecule has 0 radical (unpaired) electrons. The zero-order valence-electron chi connectivity index (χ0n) is 19.2. The Hall–Kier alpha value is -4.25. The molecule has 3 aromatic carbocycles. The Bertz CT molecular complexity index is 1600. The summed E-state index contributed by atoms with van der Waals surface area (Å²) >= 11 is 3.46. The van der Waals surface area contributed by atoms with Crippen LogP contribution in [0.2, 0.25) is 0 Å². The predicted molar refractivity (Wildman–Crippen MR) is 138 cm³/mol. The first kappa shape index (κ1) is 24.4. The van der Waals surface area contributed by atoms with Gasteiger partial charge >= 0.3 is 6.18 Å². The Labute approximate surface area is 217 Å². The van der Waals surface area contributed by atoms with E-state index in [0.29, 0.717) is 28.2 Å². The molecule has 0 bridgehead atoms. The van der Waals surface area contributed by atoms with Gasteiger partial charge in [0.15, 0.2) is 11.5 Å². The molecule has 5 aromatic rings. The number of aromatic nitrogens is 4. The number of fused-ring (bicyclic) bond motifs is 1. The van der Waals surface area contributed by atoms with E-state index in [1.807, 2.05) is 42.2 Å². The molecule has 186 valence electrons. The highest BCUT2D eigenvalue weighted by atomic mass is 79.9. The van der Waals surface area contributed by atoms with Crippen molar-refractivity contribution in [3.05, 3.63) is 100 Å². The minimum absolute atomic E-state index is 0.0994. The second-order valence-electron chi connectivity index (χ2n) is 8.18. The summed E-state index contributed by atoms with van der Waals surface area (Å²) in [6.07, 6.45) is -1.49. The maximum absolute atomic E-state index is 13.1. The Kier molecular flexibility index (Phi) is 6.38. The number of hydrogen-bond acceptors (Lipinski definition) is 5. The molecular formula is C26H18BrF3N6O. The van der Waals surface area contributed by atoms with Gasteiger partial charge in [-0.25, -0.2) is 9.97 Å². The highest BCUT2D eigenvalue weighted by Crippen LogP contribution is 2.39. The number of hydrogen-bond donors (Lipinski definition) is 2. The van der Waals surface area contributed by atoms with Crippen molar-refractivity contribution in [1.29, 1.82) is 0 Å². The van der Waals surface area contributed by atoms with Crippen LogP contribution in [-0.4, -0.2) is 26.1 Å². The van der Waals surface area contributed by atoms with E-state index < -0.39 is 17.6 Å². The number of carbonyl (C=O) groups is 1. The van der Waals surface area contributed by atoms with E-state index >= 15 is 0 Å². The van der Waals surface area contributed by atoms with Crippen molar-refractivity contribution in [2.45, 2.75) is 13.1 Å². The first-order valence-corrected chi connectivity index (χ1v) is 11.8. The zero-order valence-corrected chi connectivity index (χ0v) is 20.8. The lowest BCUT2D eigenvalue weighted by atomic mass is 10.1. The van der Waals surface area contributed by atoms with Gasteiger partial charge in [0.2, 0.25) is 0 Å². The number of anilines is 4. The lowest BCUT2D eigenvalue weighted by Gasteiger charge is -2.27. The number of aromatic amines is 1. The van der Waals surface area contributed by atoms with Crippen LogP contribution in [0.3, 0.4) is 0 Å². The van der Waals surface area contributed by atoms with Gasteiger partial charge in [-0.1, -0.05) is 28.1 Å². The Morgan fingerprint density at radius 1 is 1.03 bits per heavy atom. The normalized spacial score (nSPS) is 11.5. The van der Waals surface area contributed by atoms with Crippen molar-refractivity contribution >= 4 is 55.8 Å². The maximum Gasteiger partial charge on any atom is 0.416 e. The molecule has 11 heteroatoms. The molecule has 0 fully saturated rings. The zero-order chi connectivity index (χ0) is 26.2. The Morgan fingerprint density at radius 3 is 2.57 bits per heavy atom. The Morgan fingerprint density at radius 2 is 1.81 bits per heavy atom. The first-order chi connectivity index (χ1) is 17.7. The summed E-state index contributed by atoms with van der Waals surface area (Å²) in [5, 5.41) is 10.3. The molecule has 0 aliphatic carbocycles. The average molecular weight is 567 g/mol. The minimum atomic E-state index is -4.55. The monoisotopic (exact) mass is 566 g/mol. The summed E-state index contributed by atoms with van der Waals surface area (Å²) in [4.78, 5) is 23.5. The summed E-state index contributed by atoms with van der Waals surface area (Å²) < 4.78 is 40.3. The van der Waals surface area contributed by atoms with Crippen LogP contribution >= 0.6 is 15.9 Å². The number of H-pyrrole nitrogens is 1. The predicted octanol–water partition coefficient (Wildman–Crippen LogP) is 7.16. The number of nitrogens with zero attached hydrogens (tertiary/aromatic N) is 4.